The maximum absolute atomic E-state index is 13.4. The van der Waals surface area contributed by atoms with Crippen molar-refractivity contribution in [2.75, 3.05) is 18.0 Å². The van der Waals surface area contributed by atoms with Gasteiger partial charge >= 0.3 is 0 Å². The molecule has 14 heavy (non-hydrogen) atoms. The number of hydrogen-bond donors (Lipinski definition) is 1. The zero-order valence-corrected chi connectivity index (χ0v) is 8.57. The number of halogens is 1. The lowest BCUT2D eigenvalue weighted by Crippen LogP contribution is -2.36. The second kappa shape index (κ2) is 4.91. The molecule has 3 nitrogen and oxygen atoms in total. The van der Waals surface area contributed by atoms with Crippen LogP contribution in [0.25, 0.3) is 0 Å². The van der Waals surface area contributed by atoms with E-state index in [0.29, 0.717) is 18.9 Å². The Hall–Kier alpha value is -1.16. The molecule has 1 aromatic heterocycles. The lowest BCUT2D eigenvalue weighted by Gasteiger charge is -2.27. The van der Waals surface area contributed by atoms with Crippen molar-refractivity contribution in [2.45, 2.75) is 19.9 Å². The molecule has 2 N–H and O–H groups in total. The monoisotopic (exact) mass is 197 g/mol. The third kappa shape index (κ3) is 2.42. The average Bonchev–Trinajstić information content (AvgIpc) is 2.15. The minimum atomic E-state index is -0.297. The number of pyridine rings is 1. The predicted octanol–water partition coefficient (Wildman–Crippen LogP) is 1.39. The van der Waals surface area contributed by atoms with Crippen LogP contribution in [0.15, 0.2) is 18.3 Å². The van der Waals surface area contributed by atoms with E-state index in [1.807, 2.05) is 18.7 Å². The number of aromatic nitrogens is 1. The molecule has 0 unspecified atom stereocenters. The van der Waals surface area contributed by atoms with E-state index in [1.54, 1.807) is 12.3 Å². The SMILES string of the molecule is CC(C)N(CCN)c1ncccc1F. The Morgan fingerprint density at radius 3 is 2.79 bits per heavy atom. The minimum Gasteiger partial charge on any atom is -0.350 e. The van der Waals surface area contributed by atoms with Crippen molar-refractivity contribution in [3.63, 3.8) is 0 Å². The number of rotatable bonds is 4. The quantitative estimate of drug-likeness (QED) is 0.793. The lowest BCUT2D eigenvalue weighted by atomic mass is 10.3. The van der Waals surface area contributed by atoms with Gasteiger partial charge in [0.05, 0.1) is 0 Å². The van der Waals surface area contributed by atoms with E-state index >= 15 is 0 Å². The van der Waals surface area contributed by atoms with Crippen molar-refractivity contribution in [3.8, 4) is 0 Å². The van der Waals surface area contributed by atoms with Crippen LogP contribution in [0.2, 0.25) is 0 Å². The molecule has 0 amide bonds. The summed E-state index contributed by atoms with van der Waals surface area (Å²) in [4.78, 5) is 5.87. The average molecular weight is 197 g/mol. The molecule has 0 aliphatic rings. The van der Waals surface area contributed by atoms with Gasteiger partial charge in [0.15, 0.2) is 11.6 Å². The summed E-state index contributed by atoms with van der Waals surface area (Å²) in [7, 11) is 0. The summed E-state index contributed by atoms with van der Waals surface area (Å²) in [6.45, 7) is 5.09. The third-order valence-corrected chi connectivity index (χ3v) is 2.00. The van der Waals surface area contributed by atoms with Crippen LogP contribution in [0.3, 0.4) is 0 Å². The van der Waals surface area contributed by atoms with Gasteiger partial charge in [-0.1, -0.05) is 0 Å². The van der Waals surface area contributed by atoms with E-state index in [9.17, 15) is 4.39 Å². The molecule has 1 aromatic rings. The highest BCUT2D eigenvalue weighted by molar-refractivity contribution is 5.40. The molecule has 0 aromatic carbocycles. The highest BCUT2D eigenvalue weighted by atomic mass is 19.1. The fraction of sp³-hybridized carbons (Fsp3) is 0.500. The normalized spacial score (nSPS) is 10.6. The molecule has 0 atom stereocenters. The molecule has 0 spiro atoms. The van der Waals surface area contributed by atoms with Crippen molar-refractivity contribution < 1.29 is 4.39 Å². The lowest BCUT2D eigenvalue weighted by molar-refractivity contribution is 0.590. The van der Waals surface area contributed by atoms with Gasteiger partial charge in [0, 0.05) is 25.3 Å². The van der Waals surface area contributed by atoms with E-state index in [0.717, 1.165) is 0 Å². The Balaban J connectivity index is 2.93. The van der Waals surface area contributed by atoms with Gasteiger partial charge in [0.1, 0.15) is 0 Å². The van der Waals surface area contributed by atoms with Crippen LogP contribution in [0, 0.1) is 5.82 Å². The summed E-state index contributed by atoms with van der Waals surface area (Å²) in [6.07, 6.45) is 1.59. The molecule has 4 heteroatoms. The molecule has 1 rings (SSSR count). The molecule has 0 saturated carbocycles. The zero-order chi connectivity index (χ0) is 10.6. The van der Waals surface area contributed by atoms with Gasteiger partial charge in [-0.05, 0) is 26.0 Å². The number of nitrogens with two attached hydrogens (primary N) is 1. The molecular formula is C10H16FN3. The van der Waals surface area contributed by atoms with Gasteiger partial charge in [-0.25, -0.2) is 9.37 Å². The molecule has 0 radical (unpaired) electrons. The van der Waals surface area contributed by atoms with Gasteiger partial charge in [-0.3, -0.25) is 0 Å². The summed E-state index contributed by atoms with van der Waals surface area (Å²) >= 11 is 0. The fourth-order valence-corrected chi connectivity index (χ4v) is 1.34. The summed E-state index contributed by atoms with van der Waals surface area (Å²) in [5.74, 6) is 0.0857. The molecule has 0 bridgehead atoms. The third-order valence-electron chi connectivity index (χ3n) is 2.00. The van der Waals surface area contributed by atoms with Crippen LogP contribution in [0.1, 0.15) is 13.8 Å². The Morgan fingerprint density at radius 1 is 1.57 bits per heavy atom. The molecule has 1 heterocycles. The van der Waals surface area contributed by atoms with Crippen molar-refractivity contribution in [1.82, 2.24) is 4.98 Å². The standard InChI is InChI=1S/C10H16FN3/c1-8(2)14(7-5-12)10-9(11)4-3-6-13-10/h3-4,6,8H,5,7,12H2,1-2H3. The molecular weight excluding hydrogens is 181 g/mol. The van der Waals surface area contributed by atoms with Crippen LogP contribution >= 0.6 is 0 Å². The predicted molar refractivity (Wildman–Crippen MR) is 55.7 cm³/mol. The largest absolute Gasteiger partial charge is 0.350 e. The van der Waals surface area contributed by atoms with Gasteiger partial charge in [0.25, 0.3) is 0 Å². The first kappa shape index (κ1) is 10.9. The first-order chi connectivity index (χ1) is 6.66. The maximum Gasteiger partial charge on any atom is 0.165 e. The molecule has 0 aliphatic heterocycles. The van der Waals surface area contributed by atoms with Gasteiger partial charge in [-0.2, -0.15) is 0 Å². The highest BCUT2D eigenvalue weighted by Gasteiger charge is 2.14. The van der Waals surface area contributed by atoms with E-state index < -0.39 is 0 Å². The molecule has 0 fully saturated rings. The van der Waals surface area contributed by atoms with Gasteiger partial charge in [-0.15, -0.1) is 0 Å². The second-order valence-electron chi connectivity index (χ2n) is 3.38. The smallest absolute Gasteiger partial charge is 0.165 e. The van der Waals surface area contributed by atoms with Crippen molar-refractivity contribution in [2.24, 2.45) is 5.73 Å². The van der Waals surface area contributed by atoms with E-state index in [2.05, 4.69) is 4.98 Å². The fourth-order valence-electron chi connectivity index (χ4n) is 1.34. The summed E-state index contributed by atoms with van der Waals surface area (Å²) in [6, 6.07) is 3.19. The number of anilines is 1. The van der Waals surface area contributed by atoms with Crippen molar-refractivity contribution in [1.29, 1.82) is 0 Å². The maximum atomic E-state index is 13.4. The van der Waals surface area contributed by atoms with Crippen molar-refractivity contribution >= 4 is 5.82 Å². The Labute approximate surface area is 83.7 Å². The van der Waals surface area contributed by atoms with Gasteiger partial charge < -0.3 is 10.6 Å². The first-order valence-electron chi connectivity index (χ1n) is 4.74. The summed E-state index contributed by atoms with van der Waals surface area (Å²) in [5.41, 5.74) is 5.46. The Kier molecular flexibility index (Phi) is 3.83. The summed E-state index contributed by atoms with van der Waals surface area (Å²) in [5, 5.41) is 0. The van der Waals surface area contributed by atoms with Crippen LogP contribution < -0.4 is 10.6 Å². The Bertz CT molecular complexity index is 288. The van der Waals surface area contributed by atoms with Crippen LogP contribution in [0.4, 0.5) is 10.2 Å². The van der Waals surface area contributed by atoms with E-state index in [1.165, 1.54) is 6.07 Å². The molecule has 0 aliphatic carbocycles. The van der Waals surface area contributed by atoms with Crippen molar-refractivity contribution in [3.05, 3.63) is 24.1 Å². The van der Waals surface area contributed by atoms with E-state index in [-0.39, 0.29) is 11.9 Å². The van der Waals surface area contributed by atoms with Crippen LogP contribution in [-0.2, 0) is 0 Å². The highest BCUT2D eigenvalue weighted by Crippen LogP contribution is 2.16. The minimum absolute atomic E-state index is 0.197. The molecule has 78 valence electrons. The van der Waals surface area contributed by atoms with Gasteiger partial charge in [0.2, 0.25) is 0 Å². The Morgan fingerprint density at radius 2 is 2.29 bits per heavy atom. The topological polar surface area (TPSA) is 42.1 Å². The second-order valence-corrected chi connectivity index (χ2v) is 3.38. The van der Waals surface area contributed by atoms with Crippen LogP contribution in [0.5, 0.6) is 0 Å². The van der Waals surface area contributed by atoms with E-state index in [4.69, 9.17) is 5.73 Å². The first-order valence-corrected chi connectivity index (χ1v) is 4.74. The summed E-state index contributed by atoms with van der Waals surface area (Å²) < 4.78 is 13.4. The van der Waals surface area contributed by atoms with Crippen LogP contribution in [-0.4, -0.2) is 24.1 Å². The number of hydrogen-bond acceptors (Lipinski definition) is 3. The zero-order valence-electron chi connectivity index (χ0n) is 8.57. The number of nitrogens with zero attached hydrogens (tertiary/aromatic N) is 2. The molecule has 0 saturated heterocycles.